The van der Waals surface area contributed by atoms with Crippen molar-refractivity contribution in [3.05, 3.63) is 69.5 Å². The van der Waals surface area contributed by atoms with Gasteiger partial charge in [-0.2, -0.15) is 0 Å². The van der Waals surface area contributed by atoms with Crippen LogP contribution in [-0.4, -0.2) is 18.1 Å². The number of ether oxygens (including phenoxy) is 1. The summed E-state index contributed by atoms with van der Waals surface area (Å²) in [5, 5.41) is 1.43. The van der Waals surface area contributed by atoms with E-state index in [1.165, 1.54) is 7.11 Å². The zero-order chi connectivity index (χ0) is 15.7. The summed E-state index contributed by atoms with van der Waals surface area (Å²) in [7, 11) is 1.25. The van der Waals surface area contributed by atoms with Crippen molar-refractivity contribution < 1.29 is 9.53 Å². The highest BCUT2D eigenvalue weighted by atomic mass is 35.5. The van der Waals surface area contributed by atoms with Gasteiger partial charge in [0.2, 0.25) is 0 Å². The molecule has 0 saturated heterocycles. The zero-order valence-corrected chi connectivity index (χ0v) is 12.5. The molecule has 0 radical (unpaired) electrons. The molecular formula is C17H12ClNO3. The van der Waals surface area contributed by atoms with Crippen LogP contribution in [0.25, 0.3) is 22.0 Å². The van der Waals surface area contributed by atoms with Gasteiger partial charge in [0.15, 0.2) is 0 Å². The third-order valence-corrected chi connectivity index (χ3v) is 3.68. The van der Waals surface area contributed by atoms with E-state index in [4.69, 9.17) is 11.6 Å². The van der Waals surface area contributed by atoms with Crippen LogP contribution in [0.5, 0.6) is 0 Å². The fourth-order valence-corrected chi connectivity index (χ4v) is 2.42. The Kier molecular flexibility index (Phi) is 3.69. The van der Waals surface area contributed by atoms with Gasteiger partial charge in [-0.15, -0.1) is 0 Å². The number of hydrogen-bond acceptors (Lipinski definition) is 3. The molecular weight excluding hydrogens is 302 g/mol. The topological polar surface area (TPSA) is 59.2 Å². The summed E-state index contributed by atoms with van der Waals surface area (Å²) in [6.45, 7) is 0. The number of fused-ring (bicyclic) bond motifs is 1. The van der Waals surface area contributed by atoms with E-state index in [2.05, 4.69) is 9.72 Å². The van der Waals surface area contributed by atoms with Crippen molar-refractivity contribution in [3.8, 4) is 11.1 Å². The third-order valence-electron chi connectivity index (χ3n) is 3.43. The Morgan fingerprint density at radius 2 is 1.73 bits per heavy atom. The van der Waals surface area contributed by atoms with Crippen molar-refractivity contribution in [1.82, 2.24) is 4.98 Å². The number of aromatic amines is 1. The molecule has 0 atom stereocenters. The Morgan fingerprint density at radius 3 is 2.41 bits per heavy atom. The standard InChI is InChI=1S/C17H12ClNO3/c1-22-17(21)14-9-12-8-11(4-7-15(12)19-16(14)20)10-2-5-13(18)6-3-10/h2-9H,1H3,(H,19,20). The molecule has 110 valence electrons. The van der Waals surface area contributed by atoms with Crippen molar-refractivity contribution in [2.75, 3.05) is 7.11 Å². The molecule has 1 aromatic heterocycles. The molecule has 1 heterocycles. The number of carbonyl (C=O) groups excluding carboxylic acids is 1. The molecule has 5 heteroatoms. The van der Waals surface area contributed by atoms with Gasteiger partial charge in [0.1, 0.15) is 5.56 Å². The lowest BCUT2D eigenvalue weighted by molar-refractivity contribution is 0.0599. The van der Waals surface area contributed by atoms with E-state index in [1.54, 1.807) is 6.07 Å². The fourth-order valence-electron chi connectivity index (χ4n) is 2.29. The van der Waals surface area contributed by atoms with Crippen molar-refractivity contribution in [1.29, 1.82) is 0 Å². The molecule has 22 heavy (non-hydrogen) atoms. The summed E-state index contributed by atoms with van der Waals surface area (Å²) >= 11 is 5.89. The van der Waals surface area contributed by atoms with E-state index < -0.39 is 11.5 Å². The van der Waals surface area contributed by atoms with Gasteiger partial charge in [0.25, 0.3) is 5.56 Å². The minimum Gasteiger partial charge on any atom is -0.465 e. The van der Waals surface area contributed by atoms with Gasteiger partial charge in [-0.25, -0.2) is 4.79 Å². The average molecular weight is 314 g/mol. The van der Waals surface area contributed by atoms with E-state index in [0.717, 1.165) is 16.5 Å². The van der Waals surface area contributed by atoms with Gasteiger partial charge in [-0.1, -0.05) is 29.8 Å². The molecule has 1 N–H and O–H groups in total. The number of aromatic nitrogens is 1. The molecule has 0 bridgehead atoms. The summed E-state index contributed by atoms with van der Waals surface area (Å²) in [4.78, 5) is 26.2. The SMILES string of the molecule is COC(=O)c1cc2cc(-c3ccc(Cl)cc3)ccc2[nH]c1=O. The van der Waals surface area contributed by atoms with Gasteiger partial charge in [-0.3, -0.25) is 4.79 Å². The predicted molar refractivity (Wildman–Crippen MR) is 86.4 cm³/mol. The highest BCUT2D eigenvalue weighted by Crippen LogP contribution is 2.25. The van der Waals surface area contributed by atoms with Crippen LogP contribution in [0.3, 0.4) is 0 Å². The van der Waals surface area contributed by atoms with Gasteiger partial charge < -0.3 is 9.72 Å². The van der Waals surface area contributed by atoms with Gasteiger partial charge in [0, 0.05) is 10.5 Å². The van der Waals surface area contributed by atoms with Crippen molar-refractivity contribution in [2.45, 2.75) is 0 Å². The normalized spacial score (nSPS) is 10.6. The molecule has 0 amide bonds. The zero-order valence-electron chi connectivity index (χ0n) is 11.7. The molecule has 2 aromatic carbocycles. The molecule has 0 fully saturated rings. The molecule has 0 aliphatic carbocycles. The second-order valence-corrected chi connectivity index (χ2v) is 5.25. The molecule has 0 unspecified atom stereocenters. The molecule has 3 aromatic rings. The highest BCUT2D eigenvalue weighted by molar-refractivity contribution is 6.30. The lowest BCUT2D eigenvalue weighted by atomic mass is 10.0. The van der Waals surface area contributed by atoms with Crippen LogP contribution in [0.15, 0.2) is 53.3 Å². The van der Waals surface area contributed by atoms with Gasteiger partial charge in [-0.05, 0) is 46.8 Å². The molecule has 3 rings (SSSR count). The lowest BCUT2D eigenvalue weighted by Crippen LogP contribution is -2.18. The maximum atomic E-state index is 11.9. The number of carbonyl (C=O) groups is 1. The summed E-state index contributed by atoms with van der Waals surface area (Å²) < 4.78 is 4.62. The minimum absolute atomic E-state index is 0.0109. The van der Waals surface area contributed by atoms with E-state index in [1.807, 2.05) is 42.5 Å². The second kappa shape index (κ2) is 5.66. The summed E-state index contributed by atoms with van der Waals surface area (Å²) in [5.74, 6) is -0.653. The van der Waals surface area contributed by atoms with Crippen LogP contribution in [-0.2, 0) is 4.74 Å². The number of methoxy groups -OCH3 is 1. The van der Waals surface area contributed by atoms with Crippen LogP contribution in [0.1, 0.15) is 10.4 Å². The molecule has 0 aliphatic rings. The number of pyridine rings is 1. The number of hydrogen-bond donors (Lipinski definition) is 1. The maximum absolute atomic E-state index is 11.9. The van der Waals surface area contributed by atoms with Crippen LogP contribution < -0.4 is 5.56 Å². The first-order chi connectivity index (χ1) is 10.6. The Balaban J connectivity index is 2.16. The minimum atomic E-state index is -0.653. The fraction of sp³-hybridized carbons (Fsp3) is 0.0588. The van der Waals surface area contributed by atoms with E-state index in [9.17, 15) is 9.59 Å². The van der Waals surface area contributed by atoms with Crippen LogP contribution in [0, 0.1) is 0 Å². The molecule has 4 nitrogen and oxygen atoms in total. The third kappa shape index (κ3) is 2.61. The summed E-state index contributed by atoms with van der Waals surface area (Å²) in [6, 6.07) is 14.6. The van der Waals surface area contributed by atoms with Crippen molar-refractivity contribution in [2.24, 2.45) is 0 Å². The average Bonchev–Trinajstić information content (AvgIpc) is 2.54. The van der Waals surface area contributed by atoms with Crippen LogP contribution in [0.4, 0.5) is 0 Å². The number of rotatable bonds is 2. The smallest absolute Gasteiger partial charge is 0.343 e. The predicted octanol–water partition coefficient (Wildman–Crippen LogP) is 3.64. The largest absolute Gasteiger partial charge is 0.465 e. The highest BCUT2D eigenvalue weighted by Gasteiger charge is 2.12. The first-order valence-electron chi connectivity index (χ1n) is 6.60. The summed E-state index contributed by atoms with van der Waals surface area (Å²) in [5.41, 5.74) is 2.15. The monoisotopic (exact) mass is 313 g/mol. The second-order valence-electron chi connectivity index (χ2n) is 4.81. The van der Waals surface area contributed by atoms with E-state index >= 15 is 0 Å². The number of esters is 1. The van der Waals surface area contributed by atoms with E-state index in [0.29, 0.717) is 10.5 Å². The quantitative estimate of drug-likeness (QED) is 0.735. The molecule has 0 saturated carbocycles. The Morgan fingerprint density at radius 1 is 1.05 bits per heavy atom. The van der Waals surface area contributed by atoms with Crippen LogP contribution >= 0.6 is 11.6 Å². The lowest BCUT2D eigenvalue weighted by Gasteiger charge is -2.06. The van der Waals surface area contributed by atoms with Crippen molar-refractivity contribution >= 4 is 28.5 Å². The summed E-state index contributed by atoms with van der Waals surface area (Å²) in [6.07, 6.45) is 0. The number of benzene rings is 2. The maximum Gasteiger partial charge on any atom is 0.343 e. The van der Waals surface area contributed by atoms with E-state index in [-0.39, 0.29) is 5.56 Å². The Bertz CT molecular complexity index is 913. The van der Waals surface area contributed by atoms with Crippen LogP contribution in [0.2, 0.25) is 5.02 Å². The Hall–Kier alpha value is -2.59. The van der Waals surface area contributed by atoms with Gasteiger partial charge in [0.05, 0.1) is 7.11 Å². The number of nitrogens with one attached hydrogen (secondary N) is 1. The molecule has 0 spiro atoms. The molecule has 0 aliphatic heterocycles. The first kappa shape index (κ1) is 14.4. The van der Waals surface area contributed by atoms with Crippen molar-refractivity contribution in [3.63, 3.8) is 0 Å². The number of halogens is 1. The first-order valence-corrected chi connectivity index (χ1v) is 6.97. The number of H-pyrrole nitrogens is 1. The van der Waals surface area contributed by atoms with Gasteiger partial charge >= 0.3 is 5.97 Å². The Labute approximate surface area is 131 Å².